The van der Waals surface area contributed by atoms with Crippen LogP contribution in [0.15, 0.2) is 24.3 Å². The third kappa shape index (κ3) is 5.37. The molecule has 5 nitrogen and oxygen atoms in total. The largest absolute Gasteiger partial charge is 0.466 e. The van der Waals surface area contributed by atoms with E-state index in [2.05, 4.69) is 5.32 Å². The van der Waals surface area contributed by atoms with Crippen molar-refractivity contribution in [1.82, 2.24) is 10.2 Å². The maximum atomic E-state index is 12.7. The van der Waals surface area contributed by atoms with Crippen LogP contribution in [0.3, 0.4) is 0 Å². The van der Waals surface area contributed by atoms with Crippen LogP contribution >= 0.6 is 11.6 Å². The van der Waals surface area contributed by atoms with Gasteiger partial charge in [-0.05, 0) is 64.7 Å². The number of amides is 2. The minimum Gasteiger partial charge on any atom is -0.466 e. The van der Waals surface area contributed by atoms with E-state index in [0.717, 1.165) is 5.56 Å². The summed E-state index contributed by atoms with van der Waals surface area (Å²) in [5, 5.41) is 3.66. The fraction of sp³-hybridized carbons (Fsp3) is 0.600. The molecule has 2 rings (SSSR count). The number of carbonyl (C=O) groups excluding carboxylic acids is 2. The van der Waals surface area contributed by atoms with Crippen LogP contribution in [0.4, 0.5) is 4.79 Å². The Kier molecular flexibility index (Phi) is 6.56. The Labute approximate surface area is 161 Å². The summed E-state index contributed by atoms with van der Waals surface area (Å²) < 4.78 is 5.37. The molecule has 1 aliphatic rings. The van der Waals surface area contributed by atoms with E-state index in [4.69, 9.17) is 16.3 Å². The highest BCUT2D eigenvalue weighted by Gasteiger charge is 2.43. The number of piperidine rings is 1. The monoisotopic (exact) mass is 380 g/mol. The topological polar surface area (TPSA) is 58.6 Å². The Morgan fingerprint density at radius 3 is 2.27 bits per heavy atom. The predicted molar refractivity (Wildman–Crippen MR) is 103 cm³/mol. The second-order valence-corrected chi connectivity index (χ2v) is 8.41. The van der Waals surface area contributed by atoms with Gasteiger partial charge in [-0.25, -0.2) is 4.79 Å². The van der Waals surface area contributed by atoms with Gasteiger partial charge in [-0.15, -0.1) is 0 Å². The number of hydrogen-bond donors (Lipinski definition) is 1. The molecule has 1 saturated heterocycles. The Morgan fingerprint density at radius 1 is 1.19 bits per heavy atom. The Morgan fingerprint density at radius 2 is 1.77 bits per heavy atom. The maximum Gasteiger partial charge on any atom is 0.317 e. The maximum absolute atomic E-state index is 12.7. The summed E-state index contributed by atoms with van der Waals surface area (Å²) in [4.78, 5) is 26.9. The summed E-state index contributed by atoms with van der Waals surface area (Å²) in [7, 11) is 0. The van der Waals surface area contributed by atoms with Crippen molar-refractivity contribution in [1.29, 1.82) is 0 Å². The zero-order valence-corrected chi connectivity index (χ0v) is 16.9. The standard InChI is InChI=1S/C20H29ClN2O3/c1-5-26-17(24)20(14-15-6-8-16(21)9-7-15)10-12-23(13-11-20)18(25)22-19(2,3)4/h6-9H,5,10-14H2,1-4H3,(H,22,25). The highest BCUT2D eigenvalue weighted by atomic mass is 35.5. The molecule has 0 aliphatic carbocycles. The molecule has 0 atom stereocenters. The number of nitrogens with one attached hydrogen (secondary N) is 1. The average molecular weight is 381 g/mol. The van der Waals surface area contributed by atoms with Crippen molar-refractivity contribution in [2.24, 2.45) is 5.41 Å². The number of nitrogens with zero attached hydrogens (tertiary/aromatic N) is 1. The number of carbonyl (C=O) groups is 2. The number of halogens is 1. The van der Waals surface area contributed by atoms with Crippen LogP contribution in [0.2, 0.25) is 5.02 Å². The lowest BCUT2D eigenvalue weighted by atomic mass is 9.73. The SMILES string of the molecule is CCOC(=O)C1(Cc2ccc(Cl)cc2)CCN(C(=O)NC(C)(C)C)CC1. The molecule has 1 N–H and O–H groups in total. The summed E-state index contributed by atoms with van der Waals surface area (Å²) in [5.41, 5.74) is 0.174. The molecule has 1 aliphatic heterocycles. The van der Waals surface area contributed by atoms with E-state index in [-0.39, 0.29) is 17.5 Å². The van der Waals surface area contributed by atoms with Crippen LogP contribution < -0.4 is 5.32 Å². The number of ether oxygens (including phenoxy) is 1. The van der Waals surface area contributed by atoms with Crippen LogP contribution in [0.5, 0.6) is 0 Å². The zero-order valence-electron chi connectivity index (χ0n) is 16.1. The van der Waals surface area contributed by atoms with Gasteiger partial charge in [-0.3, -0.25) is 4.79 Å². The summed E-state index contributed by atoms with van der Waals surface area (Å²) >= 11 is 5.97. The van der Waals surface area contributed by atoms with Gasteiger partial charge in [0, 0.05) is 23.7 Å². The molecule has 6 heteroatoms. The van der Waals surface area contributed by atoms with Gasteiger partial charge in [0.2, 0.25) is 0 Å². The van der Waals surface area contributed by atoms with Gasteiger partial charge in [0.15, 0.2) is 0 Å². The first-order valence-corrected chi connectivity index (χ1v) is 9.52. The van der Waals surface area contributed by atoms with E-state index in [1.807, 2.05) is 52.0 Å². The molecule has 144 valence electrons. The number of esters is 1. The first kappa shape index (κ1) is 20.6. The second kappa shape index (κ2) is 8.30. The molecule has 0 spiro atoms. The van der Waals surface area contributed by atoms with E-state index < -0.39 is 5.41 Å². The Bertz CT molecular complexity index is 629. The van der Waals surface area contributed by atoms with Crippen molar-refractivity contribution in [3.8, 4) is 0 Å². The van der Waals surface area contributed by atoms with Gasteiger partial charge in [0.25, 0.3) is 0 Å². The minimum absolute atomic E-state index is 0.0820. The minimum atomic E-state index is -0.595. The lowest BCUT2D eigenvalue weighted by Gasteiger charge is -2.40. The molecule has 26 heavy (non-hydrogen) atoms. The van der Waals surface area contributed by atoms with Crippen LogP contribution in [-0.2, 0) is 16.0 Å². The lowest BCUT2D eigenvalue weighted by molar-refractivity contribution is -0.158. The normalized spacial score (nSPS) is 16.9. The summed E-state index contributed by atoms with van der Waals surface area (Å²) in [6.45, 7) is 9.12. The number of urea groups is 1. The van der Waals surface area contributed by atoms with Gasteiger partial charge < -0.3 is 15.0 Å². The van der Waals surface area contributed by atoms with Gasteiger partial charge in [-0.1, -0.05) is 23.7 Å². The molecule has 0 bridgehead atoms. The van der Waals surface area contributed by atoms with Crippen molar-refractivity contribution in [3.05, 3.63) is 34.9 Å². The van der Waals surface area contributed by atoms with Crippen molar-refractivity contribution >= 4 is 23.6 Å². The molecule has 0 radical (unpaired) electrons. The van der Waals surface area contributed by atoms with Gasteiger partial charge in [-0.2, -0.15) is 0 Å². The molecule has 1 heterocycles. The van der Waals surface area contributed by atoms with Crippen LogP contribution in [-0.4, -0.2) is 42.1 Å². The predicted octanol–water partition coefficient (Wildman–Crippen LogP) is 4.04. The summed E-state index contributed by atoms with van der Waals surface area (Å²) in [6, 6.07) is 7.48. The molecule has 1 aromatic rings. The third-order valence-corrected chi connectivity index (χ3v) is 4.91. The second-order valence-electron chi connectivity index (χ2n) is 7.97. The molecule has 0 unspecified atom stereocenters. The van der Waals surface area contributed by atoms with Gasteiger partial charge in [0.05, 0.1) is 12.0 Å². The fourth-order valence-electron chi connectivity index (χ4n) is 3.27. The first-order chi connectivity index (χ1) is 12.1. The quantitative estimate of drug-likeness (QED) is 0.802. The van der Waals surface area contributed by atoms with Crippen molar-refractivity contribution in [3.63, 3.8) is 0 Å². The van der Waals surface area contributed by atoms with Crippen molar-refractivity contribution in [2.75, 3.05) is 19.7 Å². The Balaban J connectivity index is 2.11. The molecule has 1 aromatic carbocycles. The van der Waals surface area contributed by atoms with E-state index in [0.29, 0.717) is 44.0 Å². The summed E-state index contributed by atoms with van der Waals surface area (Å²) in [5.74, 6) is -0.175. The molecule has 0 saturated carbocycles. The van der Waals surface area contributed by atoms with Crippen molar-refractivity contribution in [2.45, 2.75) is 52.5 Å². The average Bonchev–Trinajstić information content (AvgIpc) is 2.56. The van der Waals surface area contributed by atoms with Crippen LogP contribution in [0, 0.1) is 5.41 Å². The first-order valence-electron chi connectivity index (χ1n) is 9.14. The number of benzene rings is 1. The fourth-order valence-corrected chi connectivity index (χ4v) is 3.39. The number of rotatable bonds is 4. The number of likely N-dealkylation sites (tertiary alicyclic amines) is 1. The summed E-state index contributed by atoms with van der Waals surface area (Å²) in [6.07, 6.45) is 1.77. The van der Waals surface area contributed by atoms with Gasteiger partial charge in [0.1, 0.15) is 0 Å². The van der Waals surface area contributed by atoms with Crippen molar-refractivity contribution < 1.29 is 14.3 Å². The van der Waals surface area contributed by atoms with E-state index in [1.165, 1.54) is 0 Å². The molecule has 0 aromatic heterocycles. The van der Waals surface area contributed by atoms with E-state index >= 15 is 0 Å². The van der Waals surface area contributed by atoms with E-state index in [9.17, 15) is 9.59 Å². The smallest absolute Gasteiger partial charge is 0.317 e. The highest BCUT2D eigenvalue weighted by molar-refractivity contribution is 6.30. The van der Waals surface area contributed by atoms with E-state index in [1.54, 1.807) is 4.90 Å². The molecule has 2 amide bonds. The Hall–Kier alpha value is -1.75. The molecular formula is C20H29ClN2O3. The zero-order chi connectivity index (χ0) is 19.4. The lowest BCUT2D eigenvalue weighted by Crippen LogP contribution is -2.54. The number of hydrogen-bond acceptors (Lipinski definition) is 3. The molecule has 1 fully saturated rings. The van der Waals surface area contributed by atoms with Gasteiger partial charge >= 0.3 is 12.0 Å². The third-order valence-electron chi connectivity index (χ3n) is 4.65. The van der Waals surface area contributed by atoms with Crippen LogP contribution in [0.25, 0.3) is 0 Å². The molecular weight excluding hydrogens is 352 g/mol. The highest BCUT2D eigenvalue weighted by Crippen LogP contribution is 2.37. The van der Waals surface area contributed by atoms with Crippen LogP contribution in [0.1, 0.15) is 46.1 Å².